The highest BCUT2D eigenvalue weighted by molar-refractivity contribution is 5.94. The third-order valence-electron chi connectivity index (χ3n) is 3.77. The molecule has 0 aliphatic heterocycles. The van der Waals surface area contributed by atoms with Crippen molar-refractivity contribution >= 4 is 22.7 Å². The van der Waals surface area contributed by atoms with Gasteiger partial charge in [-0.3, -0.25) is 9.48 Å². The summed E-state index contributed by atoms with van der Waals surface area (Å²) >= 11 is 0. The molecule has 0 spiro atoms. The van der Waals surface area contributed by atoms with Crippen molar-refractivity contribution < 1.29 is 9.21 Å². The maximum atomic E-state index is 12.2. The summed E-state index contributed by atoms with van der Waals surface area (Å²) in [5.74, 6) is 0.541. The van der Waals surface area contributed by atoms with Crippen molar-refractivity contribution in [3.8, 4) is 0 Å². The molecular formula is C16H18N4O2. The highest BCUT2D eigenvalue weighted by Gasteiger charge is 2.14. The average molecular weight is 298 g/mol. The molecule has 0 aliphatic rings. The fourth-order valence-corrected chi connectivity index (χ4v) is 2.56. The summed E-state index contributed by atoms with van der Waals surface area (Å²) in [6.07, 6.45) is 0.307. The van der Waals surface area contributed by atoms with Gasteiger partial charge >= 0.3 is 0 Å². The smallest absolute Gasteiger partial charge is 0.228 e. The number of aryl methyl sites for hydroxylation is 3. The molecular weight excluding hydrogens is 280 g/mol. The van der Waals surface area contributed by atoms with Crippen LogP contribution in [0.25, 0.3) is 11.1 Å². The first-order chi connectivity index (χ1) is 10.4. The Morgan fingerprint density at radius 2 is 2.09 bits per heavy atom. The van der Waals surface area contributed by atoms with Gasteiger partial charge in [-0.05, 0) is 32.0 Å². The van der Waals surface area contributed by atoms with Crippen LogP contribution < -0.4 is 5.32 Å². The molecule has 0 radical (unpaired) electrons. The van der Waals surface area contributed by atoms with Crippen LogP contribution in [0.1, 0.15) is 22.8 Å². The number of anilines is 1. The van der Waals surface area contributed by atoms with Crippen LogP contribution in [-0.2, 0) is 18.3 Å². The Balaban J connectivity index is 1.77. The first-order valence-electron chi connectivity index (χ1n) is 7.10. The summed E-state index contributed by atoms with van der Waals surface area (Å²) in [5, 5.41) is 7.23. The minimum absolute atomic E-state index is 0.0706. The Labute approximate surface area is 128 Å². The number of benzene rings is 1. The normalized spacial score (nSPS) is 11.1. The number of nitrogens with zero attached hydrogens (tertiary/aromatic N) is 3. The Kier molecular flexibility index (Phi) is 3.44. The van der Waals surface area contributed by atoms with Crippen molar-refractivity contribution in [3.63, 3.8) is 0 Å². The molecule has 22 heavy (non-hydrogen) atoms. The van der Waals surface area contributed by atoms with Crippen molar-refractivity contribution in [2.75, 3.05) is 5.32 Å². The van der Waals surface area contributed by atoms with Crippen LogP contribution in [0.4, 0.5) is 5.69 Å². The summed E-state index contributed by atoms with van der Waals surface area (Å²) in [6, 6.07) is 5.44. The molecule has 2 heterocycles. The SMILES string of the molecule is Cc1nc2cc(NC(=O)Cc3c(C)nn(C)c3C)ccc2o1. The second kappa shape index (κ2) is 5.29. The number of amides is 1. The van der Waals surface area contributed by atoms with Gasteiger partial charge in [-0.15, -0.1) is 0 Å². The van der Waals surface area contributed by atoms with Gasteiger partial charge in [0, 0.05) is 30.9 Å². The summed E-state index contributed by atoms with van der Waals surface area (Å²) in [7, 11) is 1.88. The van der Waals surface area contributed by atoms with E-state index in [2.05, 4.69) is 15.4 Å². The van der Waals surface area contributed by atoms with E-state index in [0.29, 0.717) is 18.0 Å². The Morgan fingerprint density at radius 1 is 1.32 bits per heavy atom. The minimum atomic E-state index is -0.0706. The Bertz CT molecular complexity index is 861. The lowest BCUT2D eigenvalue weighted by Gasteiger charge is -2.05. The highest BCUT2D eigenvalue weighted by Crippen LogP contribution is 2.20. The molecule has 0 atom stereocenters. The van der Waals surface area contributed by atoms with E-state index in [0.717, 1.165) is 28.1 Å². The van der Waals surface area contributed by atoms with Crippen LogP contribution in [0.2, 0.25) is 0 Å². The monoisotopic (exact) mass is 298 g/mol. The van der Waals surface area contributed by atoms with Gasteiger partial charge in [-0.1, -0.05) is 0 Å². The number of nitrogens with one attached hydrogen (secondary N) is 1. The molecule has 0 saturated carbocycles. The first-order valence-corrected chi connectivity index (χ1v) is 7.10. The number of fused-ring (bicyclic) bond motifs is 1. The fourth-order valence-electron chi connectivity index (χ4n) is 2.56. The van der Waals surface area contributed by atoms with Gasteiger partial charge in [0.1, 0.15) is 5.52 Å². The predicted molar refractivity (Wildman–Crippen MR) is 83.8 cm³/mol. The fraction of sp³-hybridized carbons (Fsp3) is 0.312. The second-order valence-electron chi connectivity index (χ2n) is 5.41. The zero-order valence-corrected chi connectivity index (χ0v) is 13.1. The van der Waals surface area contributed by atoms with E-state index in [4.69, 9.17) is 4.42 Å². The van der Waals surface area contributed by atoms with Gasteiger partial charge in [0.15, 0.2) is 11.5 Å². The Hall–Kier alpha value is -2.63. The second-order valence-corrected chi connectivity index (χ2v) is 5.41. The number of oxazole rings is 1. The summed E-state index contributed by atoms with van der Waals surface area (Å²) in [6.45, 7) is 5.68. The van der Waals surface area contributed by atoms with Gasteiger partial charge in [-0.2, -0.15) is 5.10 Å². The molecule has 0 fully saturated rings. The molecule has 0 bridgehead atoms. The van der Waals surface area contributed by atoms with Gasteiger partial charge in [0.2, 0.25) is 5.91 Å². The van der Waals surface area contributed by atoms with Gasteiger partial charge in [-0.25, -0.2) is 4.98 Å². The van der Waals surface area contributed by atoms with Crippen LogP contribution >= 0.6 is 0 Å². The minimum Gasteiger partial charge on any atom is -0.441 e. The van der Waals surface area contributed by atoms with Crippen LogP contribution in [0.5, 0.6) is 0 Å². The molecule has 1 amide bonds. The molecule has 3 aromatic rings. The highest BCUT2D eigenvalue weighted by atomic mass is 16.3. The standard InChI is InChI=1S/C16H18N4O2/c1-9-13(10(2)20(4)19-9)8-16(21)18-12-5-6-15-14(7-12)17-11(3)22-15/h5-7H,8H2,1-4H3,(H,18,21). The van der Waals surface area contributed by atoms with Gasteiger partial charge < -0.3 is 9.73 Å². The molecule has 1 aromatic carbocycles. The first kappa shape index (κ1) is 14.3. The van der Waals surface area contributed by atoms with E-state index in [1.165, 1.54) is 0 Å². The molecule has 0 saturated heterocycles. The molecule has 114 valence electrons. The molecule has 2 aromatic heterocycles. The zero-order chi connectivity index (χ0) is 15.9. The predicted octanol–water partition coefficient (Wildman–Crippen LogP) is 2.67. The van der Waals surface area contributed by atoms with E-state index >= 15 is 0 Å². The van der Waals surface area contributed by atoms with E-state index in [1.54, 1.807) is 11.6 Å². The lowest BCUT2D eigenvalue weighted by molar-refractivity contribution is -0.115. The number of rotatable bonds is 3. The third-order valence-corrected chi connectivity index (χ3v) is 3.77. The van der Waals surface area contributed by atoms with Crippen molar-refractivity contribution in [1.29, 1.82) is 0 Å². The number of hydrogen-bond acceptors (Lipinski definition) is 4. The maximum absolute atomic E-state index is 12.2. The molecule has 0 aliphatic carbocycles. The topological polar surface area (TPSA) is 73.0 Å². The van der Waals surface area contributed by atoms with E-state index in [-0.39, 0.29) is 5.91 Å². The summed E-state index contributed by atoms with van der Waals surface area (Å²) < 4.78 is 7.22. The van der Waals surface area contributed by atoms with E-state index in [1.807, 2.05) is 39.1 Å². The van der Waals surface area contributed by atoms with Crippen molar-refractivity contribution in [1.82, 2.24) is 14.8 Å². The van der Waals surface area contributed by atoms with Crippen molar-refractivity contribution in [2.45, 2.75) is 27.2 Å². The lowest BCUT2D eigenvalue weighted by Crippen LogP contribution is -2.15. The number of carbonyl (C=O) groups is 1. The maximum Gasteiger partial charge on any atom is 0.228 e. The van der Waals surface area contributed by atoms with Crippen LogP contribution in [0.15, 0.2) is 22.6 Å². The number of carbonyl (C=O) groups excluding carboxylic acids is 1. The zero-order valence-electron chi connectivity index (χ0n) is 13.1. The molecule has 3 rings (SSSR count). The Morgan fingerprint density at radius 3 is 2.77 bits per heavy atom. The van der Waals surface area contributed by atoms with Gasteiger partial charge in [0.25, 0.3) is 0 Å². The van der Waals surface area contributed by atoms with Crippen molar-refractivity contribution in [3.05, 3.63) is 41.0 Å². The largest absolute Gasteiger partial charge is 0.441 e. The van der Waals surface area contributed by atoms with E-state index in [9.17, 15) is 4.79 Å². The lowest BCUT2D eigenvalue weighted by atomic mass is 10.1. The molecule has 6 heteroatoms. The van der Waals surface area contributed by atoms with E-state index < -0.39 is 0 Å². The van der Waals surface area contributed by atoms with Crippen LogP contribution in [0.3, 0.4) is 0 Å². The average Bonchev–Trinajstić information content (AvgIpc) is 2.92. The van der Waals surface area contributed by atoms with Crippen LogP contribution in [0, 0.1) is 20.8 Å². The number of aromatic nitrogens is 3. The number of hydrogen-bond donors (Lipinski definition) is 1. The molecule has 0 unspecified atom stereocenters. The quantitative estimate of drug-likeness (QED) is 0.807. The summed E-state index contributed by atoms with van der Waals surface area (Å²) in [5.41, 5.74) is 5.04. The molecule has 6 nitrogen and oxygen atoms in total. The van der Waals surface area contributed by atoms with Gasteiger partial charge in [0.05, 0.1) is 12.1 Å². The van der Waals surface area contributed by atoms with Crippen molar-refractivity contribution in [2.24, 2.45) is 7.05 Å². The summed E-state index contributed by atoms with van der Waals surface area (Å²) in [4.78, 5) is 16.5. The molecule has 1 N–H and O–H groups in total. The third kappa shape index (κ3) is 2.59. The van der Waals surface area contributed by atoms with Crippen LogP contribution in [-0.4, -0.2) is 20.7 Å².